The van der Waals surface area contributed by atoms with Gasteiger partial charge in [0.25, 0.3) is 0 Å². The van der Waals surface area contributed by atoms with Gasteiger partial charge in [-0.1, -0.05) is 24.3 Å². The van der Waals surface area contributed by atoms with Crippen LogP contribution >= 0.6 is 0 Å². The fourth-order valence-corrected chi connectivity index (χ4v) is 6.21. The summed E-state index contributed by atoms with van der Waals surface area (Å²) in [5.74, 6) is 4.29. The van der Waals surface area contributed by atoms with E-state index in [1.165, 1.54) is 0 Å². The van der Waals surface area contributed by atoms with Crippen molar-refractivity contribution < 1.29 is 47.4 Å². The number of epoxide rings is 2. The molecule has 2 saturated heterocycles. The molecule has 2 aliphatic rings. The van der Waals surface area contributed by atoms with Crippen LogP contribution in [0.15, 0.2) is 91.1 Å². The van der Waals surface area contributed by atoms with Crippen LogP contribution in [0.1, 0.15) is 22.3 Å². The molecule has 2 aliphatic heterocycles. The predicted molar refractivity (Wildman–Crippen MR) is 221 cm³/mol. The second-order valence-electron chi connectivity index (χ2n) is 14.4. The summed E-state index contributed by atoms with van der Waals surface area (Å²) in [7, 11) is 0. The van der Waals surface area contributed by atoms with Gasteiger partial charge in [-0.25, -0.2) is 4.98 Å². The molecule has 2 atom stereocenters. The van der Waals surface area contributed by atoms with Gasteiger partial charge in [-0.2, -0.15) is 0 Å². The van der Waals surface area contributed by atoms with E-state index >= 15 is 0 Å². The van der Waals surface area contributed by atoms with E-state index in [1.807, 2.05) is 50.2 Å². The average Bonchev–Trinajstić information content (AvgIpc) is 4.17. The quantitative estimate of drug-likeness (QED) is 0.0442. The Bertz CT molecular complexity index is 1930. The van der Waals surface area contributed by atoms with Crippen LogP contribution in [-0.4, -0.2) is 96.5 Å². The third kappa shape index (κ3) is 12.5. The van der Waals surface area contributed by atoms with Crippen LogP contribution in [0, 0.1) is 27.7 Å². The minimum atomic E-state index is 0.277. The molecule has 0 radical (unpaired) electrons. The number of hydrogen-bond donors (Lipinski definition) is 0. The van der Waals surface area contributed by atoms with Crippen LogP contribution in [0.3, 0.4) is 0 Å². The Morgan fingerprint density at radius 3 is 1.26 bits per heavy atom. The van der Waals surface area contributed by atoms with Crippen LogP contribution < -0.4 is 18.9 Å². The molecule has 0 saturated carbocycles. The van der Waals surface area contributed by atoms with Gasteiger partial charge < -0.3 is 47.4 Å². The molecule has 5 aromatic rings. The van der Waals surface area contributed by atoms with Gasteiger partial charge in [0.2, 0.25) is 5.88 Å². The van der Waals surface area contributed by atoms with Crippen molar-refractivity contribution in [1.29, 1.82) is 0 Å². The van der Waals surface area contributed by atoms with Crippen LogP contribution in [0.5, 0.6) is 34.6 Å². The SMILES string of the molecule is Cc1cc(-c2ccc(Oc3ccc(Oc4ccc(-c5ccc(OCCOCCOCC6CO6)c(C)c5)cc4C)nc3)c(C)c2)ccc1OCCOCCOCC1CO1. The van der Waals surface area contributed by atoms with Crippen LogP contribution in [0.2, 0.25) is 0 Å². The molecule has 3 heterocycles. The second kappa shape index (κ2) is 20.6. The number of rotatable bonds is 24. The smallest absolute Gasteiger partial charge is 0.219 e. The van der Waals surface area contributed by atoms with E-state index in [2.05, 4.69) is 67.4 Å². The molecule has 2 unspecified atom stereocenters. The number of aromatic nitrogens is 1. The first kappa shape index (κ1) is 41.2. The van der Waals surface area contributed by atoms with Gasteiger partial charge in [-0.15, -0.1) is 0 Å². The molecule has 0 N–H and O–H groups in total. The van der Waals surface area contributed by atoms with Crippen LogP contribution in [0.25, 0.3) is 22.3 Å². The largest absolute Gasteiger partial charge is 0.491 e. The molecule has 2 fully saturated rings. The Hall–Kier alpha value is -5.01. The monoisotopic (exact) mass is 791 g/mol. The lowest BCUT2D eigenvalue weighted by atomic mass is 10.0. The third-order valence-corrected chi connectivity index (χ3v) is 9.64. The number of pyridine rings is 1. The topological polar surface area (TPSA) is 112 Å². The van der Waals surface area contributed by atoms with Crippen molar-refractivity contribution in [2.45, 2.75) is 39.9 Å². The van der Waals surface area contributed by atoms with Gasteiger partial charge in [0.05, 0.1) is 72.3 Å². The van der Waals surface area contributed by atoms with Gasteiger partial charge in [-0.3, -0.25) is 0 Å². The highest BCUT2D eigenvalue weighted by Crippen LogP contribution is 2.34. The summed E-state index contributed by atoms with van der Waals surface area (Å²) in [4.78, 5) is 4.52. The maximum absolute atomic E-state index is 6.22. The fourth-order valence-electron chi connectivity index (χ4n) is 6.21. The molecule has 1 aromatic heterocycles. The van der Waals surface area contributed by atoms with E-state index in [1.54, 1.807) is 6.20 Å². The Labute approximate surface area is 341 Å². The van der Waals surface area contributed by atoms with Gasteiger partial charge in [0.1, 0.15) is 54.2 Å². The van der Waals surface area contributed by atoms with Crippen molar-refractivity contribution in [2.24, 2.45) is 0 Å². The molecular formula is C47H53NO10. The zero-order chi connectivity index (χ0) is 40.1. The number of hydrogen-bond acceptors (Lipinski definition) is 11. The highest BCUT2D eigenvalue weighted by atomic mass is 16.6. The summed E-state index contributed by atoms with van der Waals surface area (Å²) in [5, 5.41) is 0. The van der Waals surface area contributed by atoms with Crippen molar-refractivity contribution in [3.63, 3.8) is 0 Å². The normalized spacial score (nSPS) is 15.6. The van der Waals surface area contributed by atoms with Crippen molar-refractivity contribution in [1.82, 2.24) is 4.98 Å². The maximum Gasteiger partial charge on any atom is 0.219 e. The molecule has 7 rings (SSSR count). The molecule has 11 heteroatoms. The Kier molecular flexibility index (Phi) is 14.6. The fraction of sp³-hybridized carbons (Fsp3) is 0.383. The highest BCUT2D eigenvalue weighted by Gasteiger charge is 2.22. The number of nitrogens with zero attached hydrogens (tertiary/aromatic N) is 1. The van der Waals surface area contributed by atoms with Crippen molar-refractivity contribution in [2.75, 3.05) is 79.3 Å². The molecular weight excluding hydrogens is 739 g/mol. The summed E-state index contributed by atoms with van der Waals surface area (Å²) in [6, 6.07) is 28.4. The lowest BCUT2D eigenvalue weighted by molar-refractivity contribution is 0.0316. The molecule has 0 aliphatic carbocycles. The maximum atomic E-state index is 6.22. The first-order valence-electron chi connectivity index (χ1n) is 19.9. The molecule has 0 bridgehead atoms. The minimum Gasteiger partial charge on any atom is -0.491 e. The lowest BCUT2D eigenvalue weighted by Crippen LogP contribution is -2.12. The van der Waals surface area contributed by atoms with Crippen molar-refractivity contribution in [3.05, 3.63) is 113 Å². The highest BCUT2D eigenvalue weighted by molar-refractivity contribution is 5.69. The van der Waals surface area contributed by atoms with Crippen molar-refractivity contribution in [3.8, 4) is 56.9 Å². The first-order valence-corrected chi connectivity index (χ1v) is 19.9. The summed E-state index contributed by atoms with van der Waals surface area (Å²) in [6.45, 7) is 15.2. The first-order chi connectivity index (χ1) is 28.4. The molecule has 4 aromatic carbocycles. The van der Waals surface area contributed by atoms with E-state index in [4.69, 9.17) is 47.4 Å². The standard InChI is InChI=1S/C47H53NO10/c1-32-23-36(5-10-43(32)53-21-19-49-15-17-51-28-41-30-55-41)38-7-12-45(34(3)25-38)57-40-9-14-47(48-27-40)58-46-13-8-39(26-35(46)4)37-6-11-44(33(2)24-37)54-22-20-50-16-18-52-29-42-31-56-42/h5-14,23-27,41-42H,15-22,28-31H2,1-4H3. The molecule has 0 spiro atoms. The summed E-state index contributed by atoms with van der Waals surface area (Å²) < 4.78 is 56.8. The number of ether oxygens (including phenoxy) is 10. The summed E-state index contributed by atoms with van der Waals surface area (Å²) in [5.41, 5.74) is 8.52. The van der Waals surface area contributed by atoms with E-state index in [0.29, 0.717) is 77.7 Å². The number of benzene rings is 4. The Balaban J connectivity index is 0.849. The Morgan fingerprint density at radius 1 is 0.466 bits per heavy atom. The average molecular weight is 792 g/mol. The lowest BCUT2D eigenvalue weighted by Gasteiger charge is -2.14. The van der Waals surface area contributed by atoms with E-state index in [0.717, 1.165) is 80.7 Å². The summed E-state index contributed by atoms with van der Waals surface area (Å²) in [6.07, 6.45) is 2.23. The van der Waals surface area contributed by atoms with Gasteiger partial charge in [0.15, 0.2) is 0 Å². The van der Waals surface area contributed by atoms with Gasteiger partial charge in [-0.05, 0) is 127 Å². The van der Waals surface area contributed by atoms with E-state index in [9.17, 15) is 0 Å². The molecule has 11 nitrogen and oxygen atoms in total. The second-order valence-corrected chi connectivity index (χ2v) is 14.4. The van der Waals surface area contributed by atoms with Gasteiger partial charge in [0, 0.05) is 6.07 Å². The van der Waals surface area contributed by atoms with Gasteiger partial charge >= 0.3 is 0 Å². The van der Waals surface area contributed by atoms with Crippen molar-refractivity contribution >= 4 is 0 Å². The third-order valence-electron chi connectivity index (χ3n) is 9.64. The number of aryl methyl sites for hydroxylation is 4. The van der Waals surface area contributed by atoms with E-state index in [-0.39, 0.29) is 12.2 Å². The predicted octanol–water partition coefficient (Wildman–Crippen LogP) is 8.86. The zero-order valence-electron chi connectivity index (χ0n) is 33.8. The van der Waals surface area contributed by atoms with Crippen LogP contribution in [0.4, 0.5) is 0 Å². The minimum absolute atomic E-state index is 0.277. The van der Waals surface area contributed by atoms with E-state index < -0.39 is 0 Å². The summed E-state index contributed by atoms with van der Waals surface area (Å²) >= 11 is 0. The molecule has 0 amide bonds. The molecule has 306 valence electrons. The van der Waals surface area contributed by atoms with Crippen LogP contribution in [-0.2, 0) is 28.4 Å². The Morgan fingerprint density at radius 2 is 0.862 bits per heavy atom. The molecule has 58 heavy (non-hydrogen) atoms. The zero-order valence-corrected chi connectivity index (χ0v) is 33.8.